The molecule has 144 valence electrons. The fourth-order valence-corrected chi connectivity index (χ4v) is 2.76. The van der Waals surface area contributed by atoms with Crippen LogP contribution in [0.4, 0.5) is 8.78 Å². The SMILES string of the molecule is CC(=O)OB(OC(C)=O)OC(=O)c1cn2c3c(c(F)c(F)cc3c1=O)C=CC2. The van der Waals surface area contributed by atoms with Crippen molar-refractivity contribution in [1.29, 1.82) is 0 Å². The second-order valence-corrected chi connectivity index (χ2v) is 5.82. The lowest BCUT2D eigenvalue weighted by molar-refractivity contribution is -0.139. The summed E-state index contributed by atoms with van der Waals surface area (Å²) >= 11 is 0. The predicted molar refractivity (Wildman–Crippen MR) is 91.9 cm³/mol. The van der Waals surface area contributed by atoms with Crippen LogP contribution in [0.25, 0.3) is 17.0 Å². The van der Waals surface area contributed by atoms with Crippen LogP contribution in [0.1, 0.15) is 29.8 Å². The number of benzene rings is 1. The van der Waals surface area contributed by atoms with Gasteiger partial charge in [0, 0.05) is 32.2 Å². The second-order valence-electron chi connectivity index (χ2n) is 5.82. The molecular weight excluding hydrogens is 379 g/mol. The topological polar surface area (TPSA) is 101 Å². The van der Waals surface area contributed by atoms with Gasteiger partial charge in [0.05, 0.1) is 10.9 Å². The first-order valence-corrected chi connectivity index (χ1v) is 7.96. The van der Waals surface area contributed by atoms with Crippen molar-refractivity contribution in [2.24, 2.45) is 0 Å². The lowest BCUT2D eigenvalue weighted by atomic mass is 10.0. The molecule has 1 aliphatic rings. The fourth-order valence-electron chi connectivity index (χ4n) is 2.76. The van der Waals surface area contributed by atoms with Gasteiger partial charge >= 0.3 is 13.3 Å². The van der Waals surface area contributed by atoms with Crippen LogP contribution in [0.2, 0.25) is 0 Å². The van der Waals surface area contributed by atoms with Crippen LogP contribution in [0.5, 0.6) is 0 Å². The van der Waals surface area contributed by atoms with Crippen molar-refractivity contribution in [3.8, 4) is 0 Å². The van der Waals surface area contributed by atoms with Gasteiger partial charge in [0.15, 0.2) is 11.6 Å². The third-order valence-corrected chi connectivity index (χ3v) is 3.82. The van der Waals surface area contributed by atoms with Gasteiger partial charge in [-0.1, -0.05) is 12.2 Å². The van der Waals surface area contributed by atoms with Crippen molar-refractivity contribution in [2.45, 2.75) is 20.4 Å². The normalized spacial score (nSPS) is 11.9. The number of allylic oxidation sites excluding steroid dienone is 1. The molecule has 8 nitrogen and oxygen atoms in total. The number of hydrogen-bond donors (Lipinski definition) is 0. The number of carbonyl (C=O) groups excluding carboxylic acids is 3. The lowest BCUT2D eigenvalue weighted by Crippen LogP contribution is -2.35. The highest BCUT2D eigenvalue weighted by Crippen LogP contribution is 2.27. The van der Waals surface area contributed by atoms with E-state index in [-0.39, 0.29) is 23.0 Å². The highest BCUT2D eigenvalue weighted by atomic mass is 19.2. The zero-order valence-electron chi connectivity index (χ0n) is 14.7. The molecule has 3 rings (SSSR count). The van der Waals surface area contributed by atoms with E-state index >= 15 is 0 Å². The molecule has 0 N–H and O–H groups in total. The molecule has 0 bridgehead atoms. The largest absolute Gasteiger partial charge is 0.870 e. The Morgan fingerprint density at radius 3 is 2.36 bits per heavy atom. The van der Waals surface area contributed by atoms with E-state index in [1.54, 1.807) is 0 Å². The fraction of sp³-hybridized carbons (Fsp3) is 0.176. The summed E-state index contributed by atoms with van der Waals surface area (Å²) in [5.74, 6) is -5.45. The number of rotatable bonds is 4. The van der Waals surface area contributed by atoms with E-state index in [1.807, 2.05) is 0 Å². The predicted octanol–water partition coefficient (Wildman–Crippen LogP) is 1.57. The Morgan fingerprint density at radius 2 is 1.75 bits per heavy atom. The maximum Gasteiger partial charge on any atom is 0.870 e. The van der Waals surface area contributed by atoms with Gasteiger partial charge in [-0.3, -0.25) is 14.4 Å². The Morgan fingerprint density at radius 1 is 1.11 bits per heavy atom. The van der Waals surface area contributed by atoms with Crippen LogP contribution < -0.4 is 5.43 Å². The van der Waals surface area contributed by atoms with Crippen molar-refractivity contribution in [1.82, 2.24) is 4.57 Å². The molecule has 0 saturated heterocycles. The molecule has 1 aromatic heterocycles. The van der Waals surface area contributed by atoms with Crippen LogP contribution in [-0.2, 0) is 30.1 Å². The summed E-state index contributed by atoms with van der Waals surface area (Å²) in [6, 6.07) is 0.693. The standard InChI is InChI=1S/C17H12BF2NO7/c1-8(22)26-18(27-9(2)23)28-17(25)12-7-21-5-3-4-10-14(20)13(19)6-11(15(10)21)16(12)24/h3-4,6-7H,5H2,1-2H3. The van der Waals surface area contributed by atoms with Gasteiger partial charge in [0.2, 0.25) is 5.43 Å². The molecule has 2 aromatic rings. The van der Waals surface area contributed by atoms with Gasteiger partial charge in [-0.05, 0) is 6.07 Å². The molecule has 2 heterocycles. The third-order valence-electron chi connectivity index (χ3n) is 3.82. The molecule has 28 heavy (non-hydrogen) atoms. The number of halogens is 2. The van der Waals surface area contributed by atoms with Gasteiger partial charge in [-0.2, -0.15) is 0 Å². The van der Waals surface area contributed by atoms with Crippen molar-refractivity contribution < 1.29 is 37.1 Å². The zero-order valence-corrected chi connectivity index (χ0v) is 14.7. The molecule has 1 aliphatic heterocycles. The summed E-state index contributed by atoms with van der Waals surface area (Å²) in [6.07, 6.45) is 3.97. The Kier molecular flexibility index (Phi) is 4.99. The summed E-state index contributed by atoms with van der Waals surface area (Å²) < 4.78 is 43.1. The summed E-state index contributed by atoms with van der Waals surface area (Å²) in [5.41, 5.74) is -1.45. The molecule has 1 aromatic carbocycles. The molecule has 0 amide bonds. The Hall–Kier alpha value is -3.50. The lowest BCUT2D eigenvalue weighted by Gasteiger charge is -2.18. The monoisotopic (exact) mass is 391 g/mol. The first-order chi connectivity index (χ1) is 13.2. The van der Waals surface area contributed by atoms with E-state index in [1.165, 1.54) is 16.7 Å². The zero-order chi connectivity index (χ0) is 20.6. The van der Waals surface area contributed by atoms with Gasteiger partial charge in [0.1, 0.15) is 5.56 Å². The minimum absolute atomic E-state index is 0.115. The van der Waals surface area contributed by atoms with Gasteiger partial charge in [-0.25, -0.2) is 13.6 Å². The summed E-state index contributed by atoms with van der Waals surface area (Å²) in [5, 5.41) is -0.232. The number of pyridine rings is 1. The number of nitrogens with zero attached hydrogens (tertiary/aromatic N) is 1. The quantitative estimate of drug-likeness (QED) is 0.730. The Balaban J connectivity index is 2.07. The molecule has 0 aliphatic carbocycles. The first kappa shape index (κ1) is 19.3. The Labute approximate surface area is 156 Å². The number of aromatic nitrogens is 1. The summed E-state index contributed by atoms with van der Waals surface area (Å²) in [7, 11) is -2.00. The van der Waals surface area contributed by atoms with E-state index in [9.17, 15) is 28.0 Å². The van der Waals surface area contributed by atoms with E-state index in [0.717, 1.165) is 20.0 Å². The average molecular weight is 391 g/mol. The maximum atomic E-state index is 14.0. The van der Waals surface area contributed by atoms with Crippen molar-refractivity contribution in [3.63, 3.8) is 0 Å². The van der Waals surface area contributed by atoms with Crippen molar-refractivity contribution in [3.05, 3.63) is 51.3 Å². The van der Waals surface area contributed by atoms with Gasteiger partial charge in [0.25, 0.3) is 11.9 Å². The van der Waals surface area contributed by atoms with Crippen LogP contribution in [0.3, 0.4) is 0 Å². The highest BCUT2D eigenvalue weighted by molar-refractivity contribution is 6.44. The number of hydrogen-bond acceptors (Lipinski definition) is 7. The molecule has 0 atom stereocenters. The van der Waals surface area contributed by atoms with E-state index < -0.39 is 47.9 Å². The van der Waals surface area contributed by atoms with E-state index in [0.29, 0.717) is 6.07 Å². The van der Waals surface area contributed by atoms with Crippen LogP contribution in [-0.4, -0.2) is 29.8 Å². The summed E-state index contributed by atoms with van der Waals surface area (Å²) in [4.78, 5) is 47.2. The average Bonchev–Trinajstić information content (AvgIpc) is 2.60. The molecular formula is C17H12BF2NO7. The van der Waals surface area contributed by atoms with Crippen molar-refractivity contribution in [2.75, 3.05) is 0 Å². The third kappa shape index (κ3) is 3.50. The molecule has 0 radical (unpaired) electrons. The minimum atomic E-state index is -2.00. The summed E-state index contributed by atoms with van der Waals surface area (Å²) in [6.45, 7) is 2.17. The molecule has 0 saturated carbocycles. The first-order valence-electron chi connectivity index (χ1n) is 7.96. The molecule has 11 heteroatoms. The second kappa shape index (κ2) is 7.26. The van der Waals surface area contributed by atoms with E-state index in [2.05, 4.69) is 9.31 Å². The molecule has 0 spiro atoms. The van der Waals surface area contributed by atoms with Gasteiger partial charge < -0.3 is 18.5 Å². The van der Waals surface area contributed by atoms with Crippen molar-refractivity contribution >= 4 is 42.2 Å². The van der Waals surface area contributed by atoms with Crippen LogP contribution >= 0.6 is 0 Å². The maximum absolute atomic E-state index is 14.0. The van der Waals surface area contributed by atoms with Crippen LogP contribution in [0, 0.1) is 11.6 Å². The molecule has 0 fully saturated rings. The minimum Gasteiger partial charge on any atom is -0.462 e. The van der Waals surface area contributed by atoms with E-state index in [4.69, 9.17) is 4.65 Å². The number of carbonyl (C=O) groups is 3. The highest BCUT2D eigenvalue weighted by Gasteiger charge is 2.36. The van der Waals surface area contributed by atoms with Crippen LogP contribution in [0.15, 0.2) is 23.1 Å². The van der Waals surface area contributed by atoms with Gasteiger partial charge in [-0.15, -0.1) is 0 Å². The smallest absolute Gasteiger partial charge is 0.462 e. The Bertz CT molecular complexity index is 1090. The molecule has 0 unspecified atom stereocenters.